The standard InChI is InChI=1S/3C29H53NO5/c3*1-5-7-9-11-12-13-14-15-16-18-24(34-29(33)26(30-22-31)20-23(3)4)21-27-25(28(32)35-27)19-17-10-8-6-2/h3*22-27H,5-21H2,1-4H3,(H,30,31)/t2*24-,25+,26?,27+;24-,25-,26?,27?/m101/s1. The molecule has 18 heteroatoms. The van der Waals surface area contributed by atoms with Crippen molar-refractivity contribution in [3.05, 3.63) is 0 Å². The Labute approximate surface area is 640 Å². The molecule has 0 aliphatic carbocycles. The molecular formula is C87H159N3O15. The lowest BCUT2D eigenvalue weighted by Gasteiger charge is -2.37. The Bertz CT molecular complexity index is 1980. The van der Waals surface area contributed by atoms with E-state index in [0.717, 1.165) is 116 Å². The molecule has 3 aliphatic rings. The highest BCUT2D eigenvalue weighted by atomic mass is 16.6. The summed E-state index contributed by atoms with van der Waals surface area (Å²) in [4.78, 5) is 108. The van der Waals surface area contributed by atoms with Crippen molar-refractivity contribution >= 4 is 55.0 Å². The SMILES string of the molecule is CCCCCCCCCCC[C@@H](C[C@H]1OC(=O)[C@@H]1CCCCCC)OC(=O)C(CC(C)C)NC=O.CCCCCCCCCCC[C@H](CC1OC(=O)[C@@H]1CCCCCC)OC(=O)C(CC(C)C)NC=O.CCCCCCCCCCC[C@H](C[C@@H]1OC(=O)[C@H]1CCCCCC)OC(=O)C(CC(C)C)NC=O. The number of rotatable bonds is 69. The summed E-state index contributed by atoms with van der Waals surface area (Å²) in [5, 5.41) is 7.86. The Hall–Kier alpha value is -4.77. The van der Waals surface area contributed by atoms with E-state index < -0.39 is 18.1 Å². The summed E-state index contributed by atoms with van der Waals surface area (Å²) < 4.78 is 34.2. The first-order valence-corrected chi connectivity index (χ1v) is 43.6. The fourth-order valence-corrected chi connectivity index (χ4v) is 14.7. The van der Waals surface area contributed by atoms with Crippen molar-refractivity contribution in [2.75, 3.05) is 0 Å². The summed E-state index contributed by atoms with van der Waals surface area (Å²) in [5.74, 6) is -0.907. The number of ether oxygens (including phenoxy) is 6. The normalized spacial score (nSPS) is 19.1. The fraction of sp³-hybridized carbons (Fsp3) is 0.897. The van der Waals surface area contributed by atoms with Gasteiger partial charge < -0.3 is 44.4 Å². The molecule has 18 nitrogen and oxygen atoms in total. The molecule has 0 bridgehead atoms. The predicted octanol–water partition coefficient (Wildman–Crippen LogP) is 20.6. The van der Waals surface area contributed by atoms with E-state index >= 15 is 0 Å². The Morgan fingerprint density at radius 2 is 0.505 bits per heavy atom. The van der Waals surface area contributed by atoms with Crippen LogP contribution < -0.4 is 16.0 Å². The molecule has 12 atom stereocenters. The van der Waals surface area contributed by atoms with Crippen molar-refractivity contribution in [3.63, 3.8) is 0 Å². The summed E-state index contributed by atoms with van der Waals surface area (Å²) in [5.41, 5.74) is 0. The number of carbonyl (C=O) groups excluding carboxylic acids is 9. The minimum Gasteiger partial charge on any atom is -0.461 e. The highest BCUT2D eigenvalue weighted by molar-refractivity contribution is 5.81. The molecule has 612 valence electrons. The third kappa shape index (κ3) is 48.4. The Kier molecular flexibility index (Phi) is 61.0. The maximum Gasteiger partial charge on any atom is 0.328 e. The summed E-state index contributed by atoms with van der Waals surface area (Å²) in [6.07, 6.45) is 55.5. The Balaban J connectivity index is 0.000000787. The monoisotopic (exact) mass is 1490 g/mol. The highest BCUT2D eigenvalue weighted by Crippen LogP contribution is 2.36. The second kappa shape index (κ2) is 65.1. The number of hydrogen-bond donors (Lipinski definition) is 3. The largest absolute Gasteiger partial charge is 0.461 e. The number of esters is 6. The van der Waals surface area contributed by atoms with Gasteiger partial charge >= 0.3 is 35.8 Å². The van der Waals surface area contributed by atoms with Gasteiger partial charge in [0.25, 0.3) is 0 Å². The lowest BCUT2D eigenvalue weighted by molar-refractivity contribution is -0.191. The summed E-state index contributed by atoms with van der Waals surface area (Å²) in [7, 11) is 0. The minimum atomic E-state index is -0.632. The number of cyclic esters (lactones) is 3. The molecule has 0 saturated carbocycles. The van der Waals surface area contributed by atoms with E-state index in [9.17, 15) is 43.2 Å². The molecule has 3 rings (SSSR count). The maximum atomic E-state index is 12.9. The number of nitrogens with one attached hydrogen (secondary N) is 3. The van der Waals surface area contributed by atoms with Gasteiger partial charge in [0.15, 0.2) is 0 Å². The summed E-state index contributed by atoms with van der Waals surface area (Å²) >= 11 is 0. The molecule has 3 heterocycles. The van der Waals surface area contributed by atoms with Crippen LogP contribution in [0, 0.1) is 35.5 Å². The Morgan fingerprint density at radius 1 is 0.314 bits per heavy atom. The molecule has 0 spiro atoms. The molecule has 3 fully saturated rings. The van der Waals surface area contributed by atoms with Crippen molar-refractivity contribution in [1.29, 1.82) is 0 Å². The van der Waals surface area contributed by atoms with Gasteiger partial charge in [0.2, 0.25) is 19.2 Å². The molecule has 105 heavy (non-hydrogen) atoms. The molecule has 0 aromatic rings. The quantitative estimate of drug-likeness (QED) is 0.0222. The molecular weight excluding hydrogens is 1330 g/mol. The van der Waals surface area contributed by atoms with Gasteiger partial charge in [0.05, 0.1) is 17.8 Å². The van der Waals surface area contributed by atoms with Crippen molar-refractivity contribution in [2.45, 2.75) is 465 Å². The van der Waals surface area contributed by atoms with Crippen LogP contribution in [-0.2, 0) is 71.6 Å². The van der Waals surface area contributed by atoms with E-state index in [0.29, 0.717) is 57.8 Å². The van der Waals surface area contributed by atoms with Crippen LogP contribution in [0.4, 0.5) is 0 Å². The molecule has 3 N–H and O–H groups in total. The van der Waals surface area contributed by atoms with Gasteiger partial charge in [-0.05, 0) is 94.8 Å². The average Bonchev–Trinajstić information content (AvgIpc) is 0.824. The first kappa shape index (κ1) is 98.2. The van der Waals surface area contributed by atoms with Gasteiger partial charge in [0.1, 0.15) is 54.7 Å². The van der Waals surface area contributed by atoms with Crippen LogP contribution in [0.2, 0.25) is 0 Å². The number of hydrogen-bond acceptors (Lipinski definition) is 15. The second-order valence-corrected chi connectivity index (χ2v) is 32.4. The Morgan fingerprint density at radius 3 is 0.686 bits per heavy atom. The molecule has 0 radical (unpaired) electrons. The topological polar surface area (TPSA) is 245 Å². The van der Waals surface area contributed by atoms with Crippen molar-refractivity contribution in [1.82, 2.24) is 16.0 Å². The van der Waals surface area contributed by atoms with E-state index in [1.54, 1.807) is 0 Å². The summed E-state index contributed by atoms with van der Waals surface area (Å²) in [6.45, 7) is 25.4. The van der Waals surface area contributed by atoms with E-state index in [4.69, 9.17) is 28.4 Å². The number of amides is 3. The van der Waals surface area contributed by atoms with Gasteiger partial charge in [0, 0.05) is 19.3 Å². The van der Waals surface area contributed by atoms with E-state index in [1.807, 2.05) is 41.5 Å². The first-order valence-electron chi connectivity index (χ1n) is 43.6. The zero-order valence-electron chi connectivity index (χ0n) is 69.1. The zero-order chi connectivity index (χ0) is 77.7. The van der Waals surface area contributed by atoms with Crippen LogP contribution in [-0.4, -0.2) is 110 Å². The lowest BCUT2D eigenvalue weighted by Crippen LogP contribution is -2.48. The van der Waals surface area contributed by atoms with Crippen molar-refractivity contribution in [3.8, 4) is 0 Å². The molecule has 4 unspecified atom stereocenters. The number of carbonyl (C=O) groups is 9. The smallest absolute Gasteiger partial charge is 0.328 e. The van der Waals surface area contributed by atoms with Crippen molar-refractivity contribution < 1.29 is 71.6 Å². The van der Waals surface area contributed by atoms with Crippen LogP contribution in [0.5, 0.6) is 0 Å². The maximum absolute atomic E-state index is 12.9. The van der Waals surface area contributed by atoms with Gasteiger partial charge in [-0.3, -0.25) is 28.8 Å². The van der Waals surface area contributed by atoms with Crippen molar-refractivity contribution in [2.24, 2.45) is 35.5 Å². The fourth-order valence-electron chi connectivity index (χ4n) is 14.7. The second-order valence-electron chi connectivity index (χ2n) is 32.4. The van der Waals surface area contributed by atoms with Crippen LogP contribution in [0.25, 0.3) is 0 Å². The van der Waals surface area contributed by atoms with Crippen LogP contribution >= 0.6 is 0 Å². The molecule has 3 saturated heterocycles. The van der Waals surface area contributed by atoms with Gasteiger partial charge in [-0.15, -0.1) is 0 Å². The third-order valence-corrected chi connectivity index (χ3v) is 21.2. The zero-order valence-corrected chi connectivity index (χ0v) is 69.1. The van der Waals surface area contributed by atoms with E-state index in [2.05, 4.69) is 57.5 Å². The minimum absolute atomic E-state index is 0.0734. The lowest BCUT2D eigenvalue weighted by atomic mass is 9.86. The van der Waals surface area contributed by atoms with Gasteiger partial charge in [-0.2, -0.15) is 0 Å². The highest BCUT2D eigenvalue weighted by Gasteiger charge is 2.46. The molecule has 3 aliphatic heterocycles. The van der Waals surface area contributed by atoms with Crippen LogP contribution in [0.1, 0.15) is 411 Å². The van der Waals surface area contributed by atoms with Gasteiger partial charge in [-0.1, -0.05) is 314 Å². The van der Waals surface area contributed by atoms with E-state index in [-0.39, 0.29) is 108 Å². The number of unbranched alkanes of at least 4 members (excludes halogenated alkanes) is 33. The van der Waals surface area contributed by atoms with Gasteiger partial charge in [-0.25, -0.2) is 14.4 Å². The third-order valence-electron chi connectivity index (χ3n) is 21.2. The van der Waals surface area contributed by atoms with Crippen LogP contribution in [0.15, 0.2) is 0 Å². The molecule has 3 amide bonds. The predicted molar refractivity (Wildman–Crippen MR) is 423 cm³/mol. The van der Waals surface area contributed by atoms with Crippen LogP contribution in [0.3, 0.4) is 0 Å². The molecule has 0 aromatic carbocycles. The average molecular weight is 1490 g/mol. The van der Waals surface area contributed by atoms with E-state index in [1.165, 1.54) is 173 Å². The molecule has 0 aromatic heterocycles. The first-order chi connectivity index (χ1) is 50.8. The summed E-state index contributed by atoms with van der Waals surface area (Å²) in [6, 6.07) is -1.90.